The predicted octanol–water partition coefficient (Wildman–Crippen LogP) is 9.75. The van der Waals surface area contributed by atoms with Gasteiger partial charge < -0.3 is 9.13 Å². The van der Waals surface area contributed by atoms with Crippen LogP contribution in [0.4, 0.5) is 33.3 Å². The summed E-state index contributed by atoms with van der Waals surface area (Å²) in [6.07, 6.45) is 1.85. The molecule has 0 spiro atoms. The van der Waals surface area contributed by atoms with E-state index >= 15 is 17.6 Å². The highest BCUT2D eigenvalue weighted by Gasteiger charge is 2.45. The monoisotopic (exact) mass is 612 g/mol. The molecule has 0 aliphatic carbocycles. The van der Waals surface area contributed by atoms with Crippen molar-refractivity contribution in [2.75, 3.05) is 9.13 Å². The van der Waals surface area contributed by atoms with Gasteiger partial charge in [0.1, 0.15) is 0 Å². The quantitative estimate of drug-likeness (QED) is 0.113. The predicted molar refractivity (Wildman–Crippen MR) is 170 cm³/mol. The number of hydrogen-bond donors (Lipinski definition) is 0. The lowest BCUT2D eigenvalue weighted by Gasteiger charge is -2.48. The second kappa shape index (κ2) is 12.3. The molecular weight excluding hydrogens is 571 g/mol. The molecule has 1 aliphatic heterocycles. The molecule has 3 aromatic rings. The Morgan fingerprint density at radius 2 is 0.884 bits per heavy atom. The van der Waals surface area contributed by atoms with Crippen LogP contribution in [0.25, 0.3) is 0 Å². The van der Waals surface area contributed by atoms with Crippen LogP contribution in [-0.4, -0.2) is 9.12 Å². The SMILES string of the molecule is C=C1C=C(C)N(c2c(C(C)C)cccc2C(C)C)[Si@@H](c2c(F)c(F)c(F)c(F)c2F)N1c1c(C(C)C)cccc1C(C)C. The summed E-state index contributed by atoms with van der Waals surface area (Å²) in [5.41, 5.74) is 6.18. The molecule has 0 saturated carbocycles. The number of halogens is 5. The summed E-state index contributed by atoms with van der Waals surface area (Å²) in [4.78, 5) is 0. The first-order chi connectivity index (χ1) is 20.1. The van der Waals surface area contributed by atoms with Crippen LogP contribution in [0.5, 0.6) is 0 Å². The molecule has 230 valence electrons. The van der Waals surface area contributed by atoms with E-state index < -0.39 is 43.4 Å². The highest BCUT2D eigenvalue weighted by atomic mass is 28.3. The zero-order valence-corrected chi connectivity index (χ0v) is 27.6. The summed E-state index contributed by atoms with van der Waals surface area (Å²) >= 11 is 0. The number of allylic oxidation sites excluding steroid dienone is 2. The number of nitrogens with zero attached hydrogens (tertiary/aromatic N) is 2. The minimum atomic E-state index is -3.61. The van der Waals surface area contributed by atoms with Crippen molar-refractivity contribution < 1.29 is 22.0 Å². The van der Waals surface area contributed by atoms with E-state index in [1.54, 1.807) is 4.57 Å². The molecule has 0 amide bonds. The summed E-state index contributed by atoms with van der Waals surface area (Å²) in [6, 6.07) is 11.8. The second-order valence-electron chi connectivity index (χ2n) is 12.6. The lowest BCUT2D eigenvalue weighted by molar-refractivity contribution is 0.384. The maximum Gasteiger partial charge on any atom is 0.296 e. The van der Waals surface area contributed by atoms with E-state index in [1.807, 2.05) is 109 Å². The van der Waals surface area contributed by atoms with Gasteiger partial charge in [-0.1, -0.05) is 98.4 Å². The van der Waals surface area contributed by atoms with Gasteiger partial charge in [0.05, 0.1) is 5.19 Å². The Morgan fingerprint density at radius 1 is 0.558 bits per heavy atom. The molecule has 43 heavy (non-hydrogen) atoms. The fraction of sp³-hybridized carbons (Fsp3) is 0.371. The Kier molecular flexibility index (Phi) is 9.31. The molecule has 0 aromatic heterocycles. The van der Waals surface area contributed by atoms with E-state index in [9.17, 15) is 4.39 Å². The van der Waals surface area contributed by atoms with Crippen LogP contribution in [0.1, 0.15) is 108 Å². The number of benzene rings is 3. The summed E-state index contributed by atoms with van der Waals surface area (Å²) in [5, 5.41) is -0.786. The molecule has 0 fully saturated rings. The minimum Gasteiger partial charge on any atom is -0.352 e. The van der Waals surface area contributed by atoms with Crippen molar-refractivity contribution in [1.82, 2.24) is 0 Å². The number of para-hydroxylation sites is 2. The molecule has 3 aromatic carbocycles. The van der Waals surface area contributed by atoms with Crippen LogP contribution in [-0.2, 0) is 0 Å². The topological polar surface area (TPSA) is 6.48 Å². The highest BCUT2D eigenvalue weighted by Crippen LogP contribution is 2.44. The maximum absolute atomic E-state index is 16.1. The highest BCUT2D eigenvalue weighted by molar-refractivity contribution is 6.81. The van der Waals surface area contributed by atoms with E-state index in [4.69, 9.17) is 0 Å². The Hall–Kier alpha value is -3.39. The van der Waals surface area contributed by atoms with Crippen molar-refractivity contribution in [3.05, 3.63) is 112 Å². The van der Waals surface area contributed by atoms with Crippen LogP contribution >= 0.6 is 0 Å². The van der Waals surface area contributed by atoms with Gasteiger partial charge >= 0.3 is 0 Å². The van der Waals surface area contributed by atoms with E-state index in [2.05, 4.69) is 6.58 Å². The lowest BCUT2D eigenvalue weighted by atomic mass is 9.92. The van der Waals surface area contributed by atoms with E-state index in [0.29, 0.717) is 17.1 Å². The van der Waals surface area contributed by atoms with Crippen LogP contribution in [0.2, 0.25) is 0 Å². The molecule has 0 radical (unpaired) electrons. The van der Waals surface area contributed by atoms with Crippen LogP contribution in [0.15, 0.2) is 60.4 Å². The van der Waals surface area contributed by atoms with E-state index in [-0.39, 0.29) is 23.7 Å². The fourth-order valence-corrected chi connectivity index (χ4v) is 9.49. The van der Waals surface area contributed by atoms with Gasteiger partial charge in [0, 0.05) is 22.8 Å². The van der Waals surface area contributed by atoms with Crippen molar-refractivity contribution >= 4 is 25.7 Å². The minimum absolute atomic E-state index is 0.00200. The van der Waals surface area contributed by atoms with Crippen molar-refractivity contribution in [3.63, 3.8) is 0 Å². The van der Waals surface area contributed by atoms with Gasteiger partial charge in [0.25, 0.3) is 9.12 Å². The third-order valence-corrected chi connectivity index (χ3v) is 11.5. The normalized spacial score (nSPS) is 15.9. The second-order valence-corrected chi connectivity index (χ2v) is 14.9. The van der Waals surface area contributed by atoms with Gasteiger partial charge in [-0.25, -0.2) is 22.0 Å². The molecule has 8 heteroatoms. The summed E-state index contributed by atoms with van der Waals surface area (Å²) in [7, 11) is -3.61. The largest absolute Gasteiger partial charge is 0.352 e. The third kappa shape index (κ3) is 5.54. The Balaban J connectivity index is 2.26. The number of hydrogen-bond acceptors (Lipinski definition) is 2. The van der Waals surface area contributed by atoms with Gasteiger partial charge in [-0.05, 0) is 58.9 Å². The average Bonchev–Trinajstić information content (AvgIpc) is 2.94. The van der Waals surface area contributed by atoms with Crippen LogP contribution in [0, 0.1) is 29.1 Å². The molecule has 1 heterocycles. The van der Waals surface area contributed by atoms with Gasteiger partial charge in [-0.3, -0.25) is 0 Å². The summed E-state index contributed by atoms with van der Waals surface area (Å²) in [6.45, 7) is 22.3. The molecule has 0 N–H and O–H groups in total. The van der Waals surface area contributed by atoms with Crippen LogP contribution < -0.4 is 14.3 Å². The first-order valence-corrected chi connectivity index (χ1v) is 16.4. The van der Waals surface area contributed by atoms with Gasteiger partial charge in [0.15, 0.2) is 23.3 Å². The first-order valence-electron chi connectivity index (χ1n) is 14.8. The van der Waals surface area contributed by atoms with Crippen molar-refractivity contribution in [1.29, 1.82) is 0 Å². The maximum atomic E-state index is 16.1. The zero-order chi connectivity index (χ0) is 32.1. The summed E-state index contributed by atoms with van der Waals surface area (Å²) < 4.78 is 80.3. The fourth-order valence-electron chi connectivity index (χ4n) is 6.10. The van der Waals surface area contributed by atoms with Crippen molar-refractivity contribution in [3.8, 4) is 0 Å². The molecule has 0 unspecified atom stereocenters. The number of rotatable bonds is 7. The van der Waals surface area contributed by atoms with E-state index in [0.717, 1.165) is 27.9 Å². The zero-order valence-electron chi connectivity index (χ0n) is 26.4. The van der Waals surface area contributed by atoms with Crippen molar-refractivity contribution in [2.24, 2.45) is 0 Å². The van der Waals surface area contributed by atoms with Crippen LogP contribution in [0.3, 0.4) is 0 Å². The number of anilines is 2. The molecule has 2 nitrogen and oxygen atoms in total. The van der Waals surface area contributed by atoms with Gasteiger partial charge in [-0.2, -0.15) is 0 Å². The standard InChI is InChI=1S/C35H41F5N2Si/c1-18(2)24-13-11-14-25(19(3)4)33(24)41-22(9)17-23(10)42(34-26(20(5)6)15-12-16-27(34)21(7)8)43(41)35-31(39)29(37)28(36)30(38)32(35)40/h11-21,43H,9H2,1-8,10H3/t43-/m0/s1. The Bertz CT molecular complexity index is 1510. The molecule has 1 aliphatic rings. The average molecular weight is 613 g/mol. The Labute approximate surface area is 254 Å². The third-order valence-electron chi connectivity index (χ3n) is 8.22. The molecule has 1 atom stereocenters. The molecule has 0 saturated heterocycles. The first kappa shape index (κ1) is 32.5. The van der Waals surface area contributed by atoms with Gasteiger partial charge in [-0.15, -0.1) is 0 Å². The lowest BCUT2D eigenvalue weighted by Crippen LogP contribution is -2.64. The molecule has 4 rings (SSSR count). The molecular formula is C35H41F5N2Si. The van der Waals surface area contributed by atoms with Gasteiger partial charge in [0.2, 0.25) is 5.82 Å². The smallest absolute Gasteiger partial charge is 0.296 e. The Morgan fingerprint density at radius 3 is 1.23 bits per heavy atom. The summed E-state index contributed by atoms with van der Waals surface area (Å²) in [5.74, 6) is -9.62. The van der Waals surface area contributed by atoms with E-state index in [1.165, 1.54) is 0 Å². The molecule has 0 bridgehead atoms. The van der Waals surface area contributed by atoms with Crippen molar-refractivity contribution in [2.45, 2.75) is 86.0 Å².